The smallest absolute Gasteiger partial charge is 0.0562 e. The third-order valence-electron chi connectivity index (χ3n) is 9.31. The zero-order valence-electron chi connectivity index (χ0n) is 23.1. The van der Waals surface area contributed by atoms with E-state index in [1.165, 1.54) is 77.2 Å². The second kappa shape index (κ2) is 7.99. The molecule has 6 aromatic carbocycles. The Morgan fingerprint density at radius 2 is 0.951 bits per heavy atom. The van der Waals surface area contributed by atoms with Crippen molar-refractivity contribution in [2.45, 2.75) is 19.3 Å². The molecule has 0 N–H and O–H groups in total. The fourth-order valence-corrected chi connectivity index (χ4v) is 7.40. The molecule has 0 spiro atoms. The van der Waals surface area contributed by atoms with E-state index in [1.54, 1.807) is 0 Å². The van der Waals surface area contributed by atoms with Crippen molar-refractivity contribution in [1.82, 2.24) is 9.13 Å². The van der Waals surface area contributed by atoms with Gasteiger partial charge in [0.15, 0.2) is 0 Å². The van der Waals surface area contributed by atoms with Crippen LogP contribution in [0.2, 0.25) is 0 Å². The van der Waals surface area contributed by atoms with Gasteiger partial charge in [-0.25, -0.2) is 0 Å². The first-order chi connectivity index (χ1) is 20.1. The summed E-state index contributed by atoms with van der Waals surface area (Å²) in [4.78, 5) is 0. The monoisotopic (exact) mass is 524 g/mol. The van der Waals surface area contributed by atoms with Crippen molar-refractivity contribution in [3.8, 4) is 22.5 Å². The average Bonchev–Trinajstić information content (AvgIpc) is 3.60. The van der Waals surface area contributed by atoms with Crippen molar-refractivity contribution in [1.29, 1.82) is 0 Å². The molecule has 0 saturated carbocycles. The topological polar surface area (TPSA) is 9.86 Å². The Balaban J connectivity index is 1.39. The van der Waals surface area contributed by atoms with E-state index in [4.69, 9.17) is 0 Å². The van der Waals surface area contributed by atoms with Crippen LogP contribution >= 0.6 is 0 Å². The number of para-hydroxylation sites is 3. The lowest BCUT2D eigenvalue weighted by Crippen LogP contribution is -2.15. The van der Waals surface area contributed by atoms with Crippen LogP contribution < -0.4 is 0 Å². The normalized spacial score (nSPS) is 13.8. The van der Waals surface area contributed by atoms with Crippen LogP contribution in [0.1, 0.15) is 25.0 Å². The van der Waals surface area contributed by atoms with Gasteiger partial charge in [0.2, 0.25) is 0 Å². The first-order valence-electron chi connectivity index (χ1n) is 14.4. The maximum absolute atomic E-state index is 2.47. The van der Waals surface area contributed by atoms with Gasteiger partial charge in [0.25, 0.3) is 0 Å². The Labute approximate surface area is 238 Å². The predicted molar refractivity (Wildman–Crippen MR) is 173 cm³/mol. The van der Waals surface area contributed by atoms with Crippen molar-refractivity contribution in [3.63, 3.8) is 0 Å². The van der Waals surface area contributed by atoms with E-state index in [9.17, 15) is 0 Å². The van der Waals surface area contributed by atoms with Gasteiger partial charge in [-0.15, -0.1) is 0 Å². The number of rotatable bonds is 2. The van der Waals surface area contributed by atoms with Gasteiger partial charge in [0.05, 0.1) is 22.1 Å². The summed E-state index contributed by atoms with van der Waals surface area (Å²) < 4.78 is 4.88. The molecule has 1 aliphatic carbocycles. The molecule has 0 aliphatic heterocycles. The van der Waals surface area contributed by atoms with Crippen molar-refractivity contribution < 1.29 is 0 Å². The van der Waals surface area contributed by atoms with E-state index >= 15 is 0 Å². The molecule has 2 heteroatoms. The minimum atomic E-state index is -0.0479. The Morgan fingerprint density at radius 3 is 1.66 bits per heavy atom. The first-order valence-corrected chi connectivity index (χ1v) is 14.4. The lowest BCUT2D eigenvalue weighted by atomic mass is 9.82. The van der Waals surface area contributed by atoms with Gasteiger partial charge in [0.1, 0.15) is 0 Å². The minimum Gasteiger partial charge on any atom is -0.309 e. The molecular weight excluding hydrogens is 496 g/mol. The van der Waals surface area contributed by atoms with Gasteiger partial charge in [-0.3, -0.25) is 0 Å². The Morgan fingerprint density at radius 1 is 0.390 bits per heavy atom. The highest BCUT2D eigenvalue weighted by Crippen LogP contribution is 2.49. The van der Waals surface area contributed by atoms with Gasteiger partial charge < -0.3 is 9.13 Å². The summed E-state index contributed by atoms with van der Waals surface area (Å²) >= 11 is 0. The van der Waals surface area contributed by atoms with E-state index in [0.29, 0.717) is 0 Å². The van der Waals surface area contributed by atoms with Crippen LogP contribution in [0.5, 0.6) is 0 Å². The standard InChI is InChI=1S/C39H28N2/c1-39(2)33-17-9-6-14-27(33)28-21-20-26(22-34(28)39)41-36-19-11-8-16-30(36)32-23-31-29-15-7-10-18-35(29)40(37(31)24-38(32)41)25-12-4-3-5-13-25/h3-24H,1-2H3. The molecule has 2 heterocycles. The number of fused-ring (bicyclic) bond motifs is 9. The van der Waals surface area contributed by atoms with E-state index < -0.39 is 0 Å². The molecule has 0 radical (unpaired) electrons. The number of benzene rings is 6. The van der Waals surface area contributed by atoms with Crippen LogP contribution in [-0.2, 0) is 5.41 Å². The molecule has 2 nitrogen and oxygen atoms in total. The maximum atomic E-state index is 2.47. The molecular formula is C39H28N2. The van der Waals surface area contributed by atoms with E-state index in [0.717, 1.165) is 0 Å². The summed E-state index contributed by atoms with van der Waals surface area (Å²) in [6.45, 7) is 4.71. The highest BCUT2D eigenvalue weighted by molar-refractivity contribution is 6.19. The summed E-state index contributed by atoms with van der Waals surface area (Å²) in [6, 6.07) is 49.1. The molecule has 2 aromatic heterocycles. The SMILES string of the molecule is CC1(C)c2ccccc2-c2ccc(-n3c4ccccc4c4cc5c6ccccc6n(-c6ccccc6)c5cc43)cc21. The summed E-state index contributed by atoms with van der Waals surface area (Å²) in [6.07, 6.45) is 0. The van der Waals surface area contributed by atoms with Crippen molar-refractivity contribution in [3.05, 3.63) is 145 Å². The number of hydrogen-bond acceptors (Lipinski definition) is 0. The minimum absolute atomic E-state index is 0.0479. The summed E-state index contributed by atoms with van der Waals surface area (Å²) in [7, 11) is 0. The van der Waals surface area contributed by atoms with Gasteiger partial charge in [0, 0.05) is 38.3 Å². The molecule has 0 saturated heterocycles. The van der Waals surface area contributed by atoms with E-state index in [2.05, 4.69) is 156 Å². The Hall–Kier alpha value is -5.08. The van der Waals surface area contributed by atoms with Gasteiger partial charge in [-0.2, -0.15) is 0 Å². The molecule has 0 fully saturated rings. The zero-order valence-corrected chi connectivity index (χ0v) is 23.1. The first kappa shape index (κ1) is 22.7. The van der Waals surface area contributed by atoms with E-state index in [1.807, 2.05) is 0 Å². The fraction of sp³-hybridized carbons (Fsp3) is 0.0769. The van der Waals surface area contributed by atoms with Gasteiger partial charge in [-0.05, 0) is 70.8 Å². The average molecular weight is 525 g/mol. The summed E-state index contributed by atoms with van der Waals surface area (Å²) in [5.41, 5.74) is 12.8. The van der Waals surface area contributed by atoms with Crippen LogP contribution in [0.15, 0.2) is 133 Å². The second-order valence-electron chi connectivity index (χ2n) is 11.8. The van der Waals surface area contributed by atoms with Crippen LogP contribution in [-0.4, -0.2) is 9.13 Å². The zero-order chi connectivity index (χ0) is 27.3. The molecule has 9 rings (SSSR count). The van der Waals surface area contributed by atoms with Crippen molar-refractivity contribution in [2.75, 3.05) is 0 Å². The maximum Gasteiger partial charge on any atom is 0.0562 e. The summed E-state index contributed by atoms with van der Waals surface area (Å²) in [5.74, 6) is 0. The molecule has 8 aromatic rings. The molecule has 0 bridgehead atoms. The lowest BCUT2D eigenvalue weighted by Gasteiger charge is -2.22. The van der Waals surface area contributed by atoms with Crippen LogP contribution in [0.25, 0.3) is 66.1 Å². The number of aromatic nitrogens is 2. The molecule has 0 amide bonds. The number of hydrogen-bond donors (Lipinski definition) is 0. The predicted octanol–water partition coefficient (Wildman–Crippen LogP) is 10.2. The molecule has 1 aliphatic rings. The van der Waals surface area contributed by atoms with Crippen LogP contribution in [0.4, 0.5) is 0 Å². The highest BCUT2D eigenvalue weighted by Gasteiger charge is 2.35. The summed E-state index contributed by atoms with van der Waals surface area (Å²) in [5, 5.41) is 5.13. The van der Waals surface area contributed by atoms with Crippen LogP contribution in [0.3, 0.4) is 0 Å². The highest BCUT2D eigenvalue weighted by atomic mass is 15.0. The van der Waals surface area contributed by atoms with Crippen molar-refractivity contribution in [2.24, 2.45) is 0 Å². The Kier molecular flexibility index (Phi) is 4.42. The third kappa shape index (κ3) is 2.97. The van der Waals surface area contributed by atoms with Gasteiger partial charge in [-0.1, -0.05) is 98.8 Å². The fourth-order valence-electron chi connectivity index (χ4n) is 7.40. The van der Waals surface area contributed by atoms with Crippen LogP contribution in [0, 0.1) is 0 Å². The lowest BCUT2D eigenvalue weighted by molar-refractivity contribution is 0.660. The van der Waals surface area contributed by atoms with E-state index in [-0.39, 0.29) is 5.41 Å². The van der Waals surface area contributed by atoms with Crippen molar-refractivity contribution >= 4 is 43.6 Å². The molecule has 41 heavy (non-hydrogen) atoms. The molecule has 0 atom stereocenters. The third-order valence-corrected chi connectivity index (χ3v) is 9.31. The van der Waals surface area contributed by atoms with Gasteiger partial charge >= 0.3 is 0 Å². The second-order valence-corrected chi connectivity index (χ2v) is 11.8. The quantitative estimate of drug-likeness (QED) is 0.213. The molecule has 194 valence electrons. The number of nitrogens with zero attached hydrogens (tertiary/aromatic N) is 2. The largest absolute Gasteiger partial charge is 0.309 e. The Bertz CT molecular complexity index is 2330. The molecule has 0 unspecified atom stereocenters.